The van der Waals surface area contributed by atoms with E-state index >= 15 is 0 Å². The molecule has 18 heavy (non-hydrogen) atoms. The smallest absolute Gasteiger partial charge is 0.127 e. The average molecular weight is 312 g/mol. The summed E-state index contributed by atoms with van der Waals surface area (Å²) < 4.78 is 12.4. The molecule has 3 nitrogen and oxygen atoms in total. The van der Waals surface area contributed by atoms with Crippen molar-refractivity contribution in [3.8, 4) is 5.75 Å². The maximum absolute atomic E-state index is 6.43. The minimum atomic E-state index is 0.00894. The minimum absolute atomic E-state index is 0.00894. The van der Waals surface area contributed by atoms with Gasteiger partial charge in [0.2, 0.25) is 0 Å². The molecular weight excluding hydrogens is 294 g/mol. The summed E-state index contributed by atoms with van der Waals surface area (Å²) in [5, 5.41) is 0. The Balaban J connectivity index is 1.91. The van der Waals surface area contributed by atoms with E-state index in [-0.39, 0.29) is 6.04 Å². The zero-order chi connectivity index (χ0) is 12.5. The highest BCUT2D eigenvalue weighted by Crippen LogP contribution is 2.39. The zero-order valence-electron chi connectivity index (χ0n) is 10.3. The Bertz CT molecular complexity index is 444. The number of nitrogens with two attached hydrogens (primary N) is 1. The van der Waals surface area contributed by atoms with Crippen LogP contribution >= 0.6 is 15.9 Å². The number of hydrogen-bond donors (Lipinski definition) is 1. The highest BCUT2D eigenvalue weighted by Gasteiger charge is 2.28. The summed E-state index contributed by atoms with van der Waals surface area (Å²) in [7, 11) is 0. The molecule has 0 amide bonds. The highest BCUT2D eigenvalue weighted by atomic mass is 79.9. The summed E-state index contributed by atoms with van der Waals surface area (Å²) in [6.07, 6.45) is 3.23. The molecule has 2 aliphatic rings. The lowest BCUT2D eigenvalue weighted by molar-refractivity contribution is 0.0444. The van der Waals surface area contributed by atoms with E-state index in [0.29, 0.717) is 5.92 Å². The zero-order valence-corrected chi connectivity index (χ0v) is 11.9. The van der Waals surface area contributed by atoms with E-state index in [1.165, 1.54) is 5.56 Å². The molecule has 2 heterocycles. The van der Waals surface area contributed by atoms with Crippen LogP contribution in [0.25, 0.3) is 0 Å². The predicted molar refractivity (Wildman–Crippen MR) is 73.8 cm³/mol. The van der Waals surface area contributed by atoms with Crippen LogP contribution in [0.1, 0.15) is 30.0 Å². The molecule has 1 aromatic carbocycles. The molecule has 2 aliphatic heterocycles. The first-order chi connectivity index (χ1) is 8.75. The molecule has 2 unspecified atom stereocenters. The maximum Gasteiger partial charge on any atom is 0.127 e. The molecule has 0 radical (unpaired) electrons. The van der Waals surface area contributed by atoms with E-state index in [9.17, 15) is 0 Å². The standard InChI is InChI=1S/C14H18BrNO2/c15-11-6-9-3-5-18-14(9)12(7-11)13(16)10-2-1-4-17-8-10/h6-7,10,13H,1-5,8,16H2. The van der Waals surface area contributed by atoms with Crippen molar-refractivity contribution in [3.05, 3.63) is 27.7 Å². The molecule has 3 rings (SSSR count). The monoisotopic (exact) mass is 311 g/mol. The normalized spacial score (nSPS) is 24.4. The second-order valence-corrected chi connectivity index (χ2v) is 6.00. The van der Waals surface area contributed by atoms with Crippen molar-refractivity contribution in [2.45, 2.75) is 25.3 Å². The summed E-state index contributed by atoms with van der Waals surface area (Å²) in [6.45, 7) is 2.41. The van der Waals surface area contributed by atoms with E-state index in [1.807, 2.05) is 0 Å². The summed E-state index contributed by atoms with van der Waals surface area (Å²) in [5.41, 5.74) is 8.83. The molecular formula is C14H18BrNO2. The lowest BCUT2D eigenvalue weighted by Crippen LogP contribution is -2.29. The van der Waals surface area contributed by atoms with Gasteiger partial charge in [-0.1, -0.05) is 15.9 Å². The van der Waals surface area contributed by atoms with Gasteiger partial charge in [-0.15, -0.1) is 0 Å². The van der Waals surface area contributed by atoms with Gasteiger partial charge < -0.3 is 15.2 Å². The molecule has 0 saturated carbocycles. The first-order valence-electron chi connectivity index (χ1n) is 6.54. The van der Waals surface area contributed by atoms with E-state index < -0.39 is 0 Å². The van der Waals surface area contributed by atoms with Crippen molar-refractivity contribution in [1.82, 2.24) is 0 Å². The van der Waals surface area contributed by atoms with Crippen molar-refractivity contribution in [1.29, 1.82) is 0 Å². The van der Waals surface area contributed by atoms with Gasteiger partial charge >= 0.3 is 0 Å². The number of benzene rings is 1. The fourth-order valence-electron chi connectivity index (χ4n) is 2.85. The van der Waals surface area contributed by atoms with Gasteiger partial charge in [-0.05, 0) is 30.5 Å². The van der Waals surface area contributed by atoms with Gasteiger partial charge in [-0.3, -0.25) is 0 Å². The fourth-order valence-corrected chi connectivity index (χ4v) is 3.37. The summed E-state index contributed by atoms with van der Waals surface area (Å²) in [6, 6.07) is 4.24. The Morgan fingerprint density at radius 1 is 1.33 bits per heavy atom. The van der Waals surface area contributed by atoms with Crippen LogP contribution in [0.5, 0.6) is 5.75 Å². The number of halogens is 1. The average Bonchev–Trinajstić information content (AvgIpc) is 2.86. The van der Waals surface area contributed by atoms with E-state index in [1.54, 1.807) is 0 Å². The van der Waals surface area contributed by atoms with Crippen LogP contribution in [0, 0.1) is 5.92 Å². The molecule has 2 N–H and O–H groups in total. The minimum Gasteiger partial charge on any atom is -0.493 e. The van der Waals surface area contributed by atoms with Crippen molar-refractivity contribution < 1.29 is 9.47 Å². The van der Waals surface area contributed by atoms with Gasteiger partial charge in [0.25, 0.3) is 0 Å². The SMILES string of the molecule is NC(c1cc(Br)cc2c1OCC2)C1CCCOC1. The molecule has 1 fully saturated rings. The van der Waals surface area contributed by atoms with Crippen LogP contribution in [0.2, 0.25) is 0 Å². The van der Waals surface area contributed by atoms with E-state index in [2.05, 4.69) is 28.1 Å². The number of rotatable bonds is 2. The van der Waals surface area contributed by atoms with Crippen molar-refractivity contribution in [2.75, 3.05) is 19.8 Å². The van der Waals surface area contributed by atoms with Crippen LogP contribution in [-0.4, -0.2) is 19.8 Å². The molecule has 0 aliphatic carbocycles. The third kappa shape index (κ3) is 2.29. The van der Waals surface area contributed by atoms with E-state index in [4.69, 9.17) is 15.2 Å². The Hall–Kier alpha value is -0.580. The predicted octanol–water partition coefficient (Wildman–Crippen LogP) is 2.81. The van der Waals surface area contributed by atoms with Gasteiger partial charge in [-0.25, -0.2) is 0 Å². The van der Waals surface area contributed by atoms with E-state index in [0.717, 1.165) is 54.9 Å². The topological polar surface area (TPSA) is 44.5 Å². The molecule has 0 spiro atoms. The van der Waals surface area contributed by atoms with Crippen molar-refractivity contribution >= 4 is 15.9 Å². The quantitative estimate of drug-likeness (QED) is 0.913. The van der Waals surface area contributed by atoms with Gasteiger partial charge in [-0.2, -0.15) is 0 Å². The Morgan fingerprint density at radius 3 is 3.00 bits per heavy atom. The van der Waals surface area contributed by atoms with Gasteiger partial charge in [0.05, 0.1) is 13.2 Å². The lowest BCUT2D eigenvalue weighted by Gasteiger charge is -2.28. The first-order valence-corrected chi connectivity index (χ1v) is 7.33. The van der Waals surface area contributed by atoms with Crippen molar-refractivity contribution in [2.24, 2.45) is 11.7 Å². The number of hydrogen-bond acceptors (Lipinski definition) is 3. The van der Waals surface area contributed by atoms with Gasteiger partial charge in [0, 0.05) is 35.0 Å². The molecule has 0 aromatic heterocycles. The van der Waals surface area contributed by atoms with Crippen LogP contribution in [0.15, 0.2) is 16.6 Å². The number of ether oxygens (including phenoxy) is 2. The first kappa shape index (κ1) is 12.5. The van der Waals surface area contributed by atoms with Crippen LogP contribution in [-0.2, 0) is 11.2 Å². The molecule has 4 heteroatoms. The molecule has 0 bridgehead atoms. The summed E-state index contributed by atoms with van der Waals surface area (Å²) in [4.78, 5) is 0. The third-order valence-electron chi connectivity index (χ3n) is 3.84. The molecule has 1 saturated heterocycles. The Kier molecular flexibility index (Phi) is 3.59. The van der Waals surface area contributed by atoms with Crippen LogP contribution < -0.4 is 10.5 Å². The Labute approximate surface area is 116 Å². The van der Waals surface area contributed by atoms with Crippen LogP contribution in [0.4, 0.5) is 0 Å². The molecule has 1 aromatic rings. The van der Waals surface area contributed by atoms with Crippen molar-refractivity contribution in [3.63, 3.8) is 0 Å². The molecule has 2 atom stereocenters. The van der Waals surface area contributed by atoms with Crippen LogP contribution in [0.3, 0.4) is 0 Å². The van der Waals surface area contributed by atoms with Gasteiger partial charge in [0.1, 0.15) is 5.75 Å². The molecule has 98 valence electrons. The third-order valence-corrected chi connectivity index (χ3v) is 4.30. The lowest BCUT2D eigenvalue weighted by atomic mass is 9.88. The second kappa shape index (κ2) is 5.19. The summed E-state index contributed by atoms with van der Waals surface area (Å²) in [5.74, 6) is 1.41. The van der Waals surface area contributed by atoms with Gasteiger partial charge in [0.15, 0.2) is 0 Å². The Morgan fingerprint density at radius 2 is 2.22 bits per heavy atom. The highest BCUT2D eigenvalue weighted by molar-refractivity contribution is 9.10. The fraction of sp³-hybridized carbons (Fsp3) is 0.571. The number of fused-ring (bicyclic) bond motifs is 1. The largest absolute Gasteiger partial charge is 0.493 e. The summed E-state index contributed by atoms with van der Waals surface area (Å²) >= 11 is 3.57. The maximum atomic E-state index is 6.43. The second-order valence-electron chi connectivity index (χ2n) is 5.08.